The Morgan fingerprint density at radius 2 is 2.00 bits per heavy atom. The first-order valence-electron chi connectivity index (χ1n) is 7.45. The highest BCUT2D eigenvalue weighted by Crippen LogP contribution is 2.36. The van der Waals surface area contributed by atoms with Crippen LogP contribution in [0.5, 0.6) is 0 Å². The van der Waals surface area contributed by atoms with Gasteiger partial charge < -0.3 is 15.1 Å². The van der Waals surface area contributed by atoms with E-state index in [0.29, 0.717) is 0 Å². The lowest BCUT2D eigenvalue weighted by Gasteiger charge is -2.41. The van der Waals surface area contributed by atoms with Crippen molar-refractivity contribution in [2.45, 2.75) is 19.8 Å². The number of rotatable bonds is 1. The van der Waals surface area contributed by atoms with Crippen molar-refractivity contribution in [3.05, 3.63) is 24.3 Å². The third-order valence-electron chi connectivity index (χ3n) is 4.60. The molecule has 1 fully saturated rings. The van der Waals surface area contributed by atoms with E-state index in [0.717, 1.165) is 50.4 Å². The summed E-state index contributed by atoms with van der Waals surface area (Å²) >= 11 is 0. The first kappa shape index (κ1) is 13.4. The third kappa shape index (κ3) is 2.18. The molecular formula is C16H23N3O. The van der Waals surface area contributed by atoms with Crippen LogP contribution >= 0.6 is 0 Å². The summed E-state index contributed by atoms with van der Waals surface area (Å²) in [5.41, 5.74) is 1.94. The van der Waals surface area contributed by atoms with E-state index in [1.807, 2.05) is 17.0 Å². The standard InChI is InChI=1S/C16H23N3O/c1-16(8-5-9-17-12-16)15(20)19-11-10-18(2)13-6-3-4-7-14(13)19/h3-4,6-7,17H,5,8-12H2,1-2H3. The number of anilines is 2. The molecule has 0 bridgehead atoms. The summed E-state index contributed by atoms with van der Waals surface area (Å²) in [7, 11) is 2.09. The predicted octanol–water partition coefficient (Wildman–Crippen LogP) is 1.86. The minimum absolute atomic E-state index is 0.263. The van der Waals surface area contributed by atoms with Gasteiger partial charge in [-0.05, 0) is 38.4 Å². The lowest BCUT2D eigenvalue weighted by molar-refractivity contribution is -0.128. The van der Waals surface area contributed by atoms with E-state index >= 15 is 0 Å². The minimum atomic E-state index is -0.263. The fourth-order valence-electron chi connectivity index (χ4n) is 3.28. The van der Waals surface area contributed by atoms with Gasteiger partial charge in [-0.3, -0.25) is 4.79 Å². The summed E-state index contributed by atoms with van der Waals surface area (Å²) in [4.78, 5) is 17.2. The van der Waals surface area contributed by atoms with Crippen LogP contribution in [0.25, 0.3) is 0 Å². The van der Waals surface area contributed by atoms with Gasteiger partial charge in [-0.1, -0.05) is 12.1 Å². The number of benzene rings is 1. The minimum Gasteiger partial charge on any atom is -0.371 e. The Labute approximate surface area is 120 Å². The number of para-hydroxylation sites is 2. The molecule has 4 heteroatoms. The summed E-state index contributed by atoms with van der Waals surface area (Å²) in [6.45, 7) is 5.60. The number of likely N-dealkylation sites (N-methyl/N-ethyl adjacent to an activating group) is 1. The number of hydrogen-bond donors (Lipinski definition) is 1. The molecule has 1 amide bonds. The molecule has 1 aromatic carbocycles. The van der Waals surface area contributed by atoms with Crippen molar-refractivity contribution >= 4 is 17.3 Å². The van der Waals surface area contributed by atoms with Crippen molar-refractivity contribution < 1.29 is 4.79 Å². The van der Waals surface area contributed by atoms with E-state index in [4.69, 9.17) is 0 Å². The molecule has 20 heavy (non-hydrogen) atoms. The van der Waals surface area contributed by atoms with Crippen LogP contribution in [0.1, 0.15) is 19.8 Å². The first-order valence-corrected chi connectivity index (χ1v) is 7.45. The van der Waals surface area contributed by atoms with Gasteiger partial charge in [-0.2, -0.15) is 0 Å². The number of fused-ring (bicyclic) bond motifs is 1. The molecule has 2 aliphatic heterocycles. The lowest BCUT2D eigenvalue weighted by Crippen LogP contribution is -2.53. The molecule has 1 N–H and O–H groups in total. The van der Waals surface area contributed by atoms with Crippen molar-refractivity contribution in [3.63, 3.8) is 0 Å². The number of amides is 1. The molecule has 2 heterocycles. The summed E-state index contributed by atoms with van der Waals surface area (Å²) in [5.74, 6) is 0.269. The predicted molar refractivity (Wildman–Crippen MR) is 82.3 cm³/mol. The van der Waals surface area contributed by atoms with Gasteiger partial charge in [0.25, 0.3) is 0 Å². The molecule has 1 saturated heterocycles. The van der Waals surface area contributed by atoms with Gasteiger partial charge >= 0.3 is 0 Å². The van der Waals surface area contributed by atoms with Crippen LogP contribution in [-0.2, 0) is 4.79 Å². The van der Waals surface area contributed by atoms with Crippen molar-refractivity contribution in [3.8, 4) is 0 Å². The topological polar surface area (TPSA) is 35.6 Å². The second-order valence-electron chi connectivity index (χ2n) is 6.21. The van der Waals surface area contributed by atoms with Crippen LogP contribution in [0.2, 0.25) is 0 Å². The molecule has 1 atom stereocenters. The first-order chi connectivity index (χ1) is 9.62. The number of hydrogen-bond acceptors (Lipinski definition) is 3. The average Bonchev–Trinajstić information content (AvgIpc) is 2.48. The van der Waals surface area contributed by atoms with E-state index in [1.54, 1.807) is 0 Å². The van der Waals surface area contributed by atoms with Crippen LogP contribution in [0, 0.1) is 5.41 Å². The van der Waals surface area contributed by atoms with Gasteiger partial charge in [0.2, 0.25) is 5.91 Å². The number of piperidine rings is 1. The van der Waals surface area contributed by atoms with E-state index in [1.165, 1.54) is 0 Å². The van der Waals surface area contributed by atoms with Crippen LogP contribution in [-0.4, -0.2) is 39.1 Å². The number of carbonyl (C=O) groups excluding carboxylic acids is 1. The third-order valence-corrected chi connectivity index (χ3v) is 4.60. The number of nitrogens with zero attached hydrogens (tertiary/aromatic N) is 2. The van der Waals surface area contributed by atoms with Crippen molar-refractivity contribution in [1.29, 1.82) is 0 Å². The van der Waals surface area contributed by atoms with Crippen molar-refractivity contribution in [1.82, 2.24) is 5.32 Å². The van der Waals surface area contributed by atoms with Crippen LogP contribution < -0.4 is 15.1 Å². The van der Waals surface area contributed by atoms with Gasteiger partial charge in [-0.25, -0.2) is 0 Å². The van der Waals surface area contributed by atoms with Gasteiger partial charge in [0.15, 0.2) is 0 Å². The molecule has 4 nitrogen and oxygen atoms in total. The van der Waals surface area contributed by atoms with Gasteiger partial charge in [0, 0.05) is 26.7 Å². The summed E-state index contributed by atoms with van der Waals surface area (Å²) in [6.07, 6.45) is 2.06. The zero-order valence-electron chi connectivity index (χ0n) is 12.4. The van der Waals surface area contributed by atoms with Crippen LogP contribution in [0.15, 0.2) is 24.3 Å². The summed E-state index contributed by atoms with van der Waals surface area (Å²) in [6, 6.07) is 8.20. The zero-order chi connectivity index (χ0) is 14.2. The Morgan fingerprint density at radius 1 is 1.25 bits per heavy atom. The molecule has 0 saturated carbocycles. The Kier molecular flexibility index (Phi) is 3.42. The Bertz CT molecular complexity index is 508. The monoisotopic (exact) mass is 273 g/mol. The molecular weight excluding hydrogens is 250 g/mol. The van der Waals surface area contributed by atoms with Crippen molar-refractivity contribution in [2.75, 3.05) is 43.0 Å². The Morgan fingerprint density at radius 3 is 2.70 bits per heavy atom. The highest BCUT2D eigenvalue weighted by molar-refractivity contribution is 6.01. The molecule has 0 radical (unpaired) electrons. The van der Waals surface area contributed by atoms with E-state index in [2.05, 4.69) is 36.3 Å². The number of nitrogens with one attached hydrogen (secondary N) is 1. The van der Waals surface area contributed by atoms with Crippen LogP contribution in [0.3, 0.4) is 0 Å². The highest BCUT2D eigenvalue weighted by Gasteiger charge is 2.39. The normalized spacial score (nSPS) is 26.3. The van der Waals surface area contributed by atoms with Crippen molar-refractivity contribution in [2.24, 2.45) is 5.41 Å². The van der Waals surface area contributed by atoms with Gasteiger partial charge in [-0.15, -0.1) is 0 Å². The SMILES string of the molecule is CN1CCN(C(=O)C2(C)CCCNC2)c2ccccc21. The van der Waals surface area contributed by atoms with Crippen LogP contribution in [0.4, 0.5) is 11.4 Å². The summed E-state index contributed by atoms with van der Waals surface area (Å²) in [5, 5.41) is 3.37. The highest BCUT2D eigenvalue weighted by atomic mass is 16.2. The Balaban J connectivity index is 1.91. The maximum absolute atomic E-state index is 13.0. The second kappa shape index (κ2) is 5.09. The quantitative estimate of drug-likeness (QED) is 0.848. The molecule has 3 rings (SSSR count). The van der Waals surface area contributed by atoms with Gasteiger partial charge in [0.05, 0.1) is 16.8 Å². The van der Waals surface area contributed by atoms with E-state index < -0.39 is 0 Å². The molecule has 0 aliphatic carbocycles. The van der Waals surface area contributed by atoms with E-state index in [-0.39, 0.29) is 11.3 Å². The smallest absolute Gasteiger partial charge is 0.234 e. The fraction of sp³-hybridized carbons (Fsp3) is 0.562. The fourth-order valence-corrected chi connectivity index (χ4v) is 3.28. The van der Waals surface area contributed by atoms with E-state index in [9.17, 15) is 4.79 Å². The molecule has 0 aromatic heterocycles. The number of carbonyl (C=O) groups is 1. The van der Waals surface area contributed by atoms with Gasteiger partial charge in [0.1, 0.15) is 0 Å². The largest absolute Gasteiger partial charge is 0.371 e. The maximum atomic E-state index is 13.0. The molecule has 108 valence electrons. The Hall–Kier alpha value is -1.55. The zero-order valence-corrected chi connectivity index (χ0v) is 12.4. The molecule has 1 aromatic rings. The lowest BCUT2D eigenvalue weighted by atomic mass is 9.81. The maximum Gasteiger partial charge on any atom is 0.234 e. The average molecular weight is 273 g/mol. The molecule has 1 unspecified atom stereocenters. The summed E-state index contributed by atoms with van der Waals surface area (Å²) < 4.78 is 0. The molecule has 0 spiro atoms. The second-order valence-corrected chi connectivity index (χ2v) is 6.21. The molecule has 2 aliphatic rings.